The normalized spacial score (nSPS) is 29.6. The summed E-state index contributed by atoms with van der Waals surface area (Å²) in [6.07, 6.45) is 4.94. The minimum atomic E-state index is 0.0666. The third-order valence-electron chi connectivity index (χ3n) is 4.65. The van der Waals surface area contributed by atoms with Crippen molar-refractivity contribution in [3.8, 4) is 0 Å². The fourth-order valence-electron chi connectivity index (χ4n) is 3.45. The molecule has 2 fully saturated rings. The minimum Gasteiger partial charge on any atom is -0.337 e. The molecule has 2 heterocycles. The zero-order valence-electron chi connectivity index (χ0n) is 11.4. The summed E-state index contributed by atoms with van der Waals surface area (Å²) >= 11 is 0. The van der Waals surface area contributed by atoms with Gasteiger partial charge in [-0.3, -0.25) is 9.78 Å². The van der Waals surface area contributed by atoms with Crippen molar-refractivity contribution < 1.29 is 4.79 Å². The second-order valence-electron chi connectivity index (χ2n) is 5.78. The van der Waals surface area contributed by atoms with Crippen molar-refractivity contribution in [2.24, 2.45) is 17.6 Å². The van der Waals surface area contributed by atoms with Gasteiger partial charge in [0.15, 0.2) is 0 Å². The molecule has 0 spiro atoms. The van der Waals surface area contributed by atoms with Crippen molar-refractivity contribution >= 4 is 5.91 Å². The van der Waals surface area contributed by atoms with E-state index >= 15 is 0 Å². The van der Waals surface area contributed by atoms with E-state index in [1.807, 2.05) is 17.0 Å². The molecule has 4 nitrogen and oxygen atoms in total. The van der Waals surface area contributed by atoms with E-state index in [-0.39, 0.29) is 11.9 Å². The number of carbonyl (C=O) groups is 1. The van der Waals surface area contributed by atoms with E-state index < -0.39 is 0 Å². The molecule has 1 amide bonds. The first kappa shape index (κ1) is 12.6. The number of nitrogens with zero attached hydrogens (tertiary/aromatic N) is 2. The maximum atomic E-state index is 12.5. The van der Waals surface area contributed by atoms with E-state index in [4.69, 9.17) is 5.73 Å². The Labute approximate surface area is 114 Å². The van der Waals surface area contributed by atoms with Crippen LogP contribution in [0.5, 0.6) is 0 Å². The Hall–Kier alpha value is -1.42. The molecule has 1 aromatic rings. The van der Waals surface area contributed by atoms with Crippen molar-refractivity contribution in [3.63, 3.8) is 0 Å². The van der Waals surface area contributed by atoms with E-state index in [0.717, 1.165) is 37.9 Å². The SMILES string of the molecule is CCc1ccnc(C(=O)N2CC3CCC(N)C3C2)c1. The fraction of sp³-hybridized carbons (Fsp3) is 0.600. The maximum absolute atomic E-state index is 12.5. The first-order chi connectivity index (χ1) is 9.19. The molecule has 3 rings (SSSR count). The van der Waals surface area contributed by atoms with Crippen molar-refractivity contribution in [3.05, 3.63) is 29.6 Å². The predicted molar refractivity (Wildman–Crippen MR) is 73.7 cm³/mol. The highest BCUT2D eigenvalue weighted by Crippen LogP contribution is 2.37. The van der Waals surface area contributed by atoms with Crippen LogP contribution in [-0.2, 0) is 6.42 Å². The van der Waals surface area contributed by atoms with Gasteiger partial charge in [-0.15, -0.1) is 0 Å². The summed E-state index contributed by atoms with van der Waals surface area (Å²) in [6.45, 7) is 3.75. The smallest absolute Gasteiger partial charge is 0.272 e. The fourth-order valence-corrected chi connectivity index (χ4v) is 3.45. The molecule has 0 bridgehead atoms. The van der Waals surface area contributed by atoms with Gasteiger partial charge in [-0.2, -0.15) is 0 Å². The van der Waals surface area contributed by atoms with Gasteiger partial charge in [-0.25, -0.2) is 0 Å². The largest absolute Gasteiger partial charge is 0.337 e. The van der Waals surface area contributed by atoms with Crippen LogP contribution in [0.2, 0.25) is 0 Å². The molecule has 1 saturated carbocycles. The van der Waals surface area contributed by atoms with Crippen molar-refractivity contribution in [2.45, 2.75) is 32.2 Å². The Balaban J connectivity index is 1.74. The van der Waals surface area contributed by atoms with Gasteiger partial charge in [0.1, 0.15) is 5.69 Å². The summed E-state index contributed by atoms with van der Waals surface area (Å²) in [6, 6.07) is 4.15. The van der Waals surface area contributed by atoms with Crippen LogP contribution in [0.3, 0.4) is 0 Å². The Kier molecular flexibility index (Phi) is 3.27. The molecule has 0 radical (unpaired) electrons. The third-order valence-corrected chi connectivity index (χ3v) is 4.65. The average Bonchev–Trinajstić information content (AvgIpc) is 3.01. The lowest BCUT2D eigenvalue weighted by molar-refractivity contribution is 0.0773. The Morgan fingerprint density at radius 2 is 2.32 bits per heavy atom. The monoisotopic (exact) mass is 259 g/mol. The average molecular weight is 259 g/mol. The summed E-state index contributed by atoms with van der Waals surface area (Å²) in [5.41, 5.74) is 7.85. The second kappa shape index (κ2) is 4.93. The highest BCUT2D eigenvalue weighted by Gasteiger charge is 2.42. The van der Waals surface area contributed by atoms with Gasteiger partial charge in [0.05, 0.1) is 0 Å². The lowest BCUT2D eigenvalue weighted by Crippen LogP contribution is -2.33. The number of carbonyl (C=O) groups excluding carboxylic acids is 1. The number of likely N-dealkylation sites (tertiary alicyclic amines) is 1. The third kappa shape index (κ3) is 2.25. The van der Waals surface area contributed by atoms with Crippen LogP contribution in [0, 0.1) is 11.8 Å². The molecule has 1 aliphatic heterocycles. The van der Waals surface area contributed by atoms with Crippen LogP contribution in [-0.4, -0.2) is 34.9 Å². The first-order valence-electron chi connectivity index (χ1n) is 7.19. The molecular weight excluding hydrogens is 238 g/mol. The molecule has 1 aromatic heterocycles. The number of nitrogens with two attached hydrogens (primary N) is 1. The molecule has 102 valence electrons. The number of aromatic nitrogens is 1. The van der Waals surface area contributed by atoms with Crippen molar-refractivity contribution in [2.75, 3.05) is 13.1 Å². The second-order valence-corrected chi connectivity index (χ2v) is 5.78. The number of aryl methyl sites for hydroxylation is 1. The van der Waals surface area contributed by atoms with Crippen molar-refractivity contribution in [1.29, 1.82) is 0 Å². The molecule has 3 atom stereocenters. The maximum Gasteiger partial charge on any atom is 0.272 e. The number of rotatable bonds is 2. The molecule has 19 heavy (non-hydrogen) atoms. The van der Waals surface area contributed by atoms with E-state index in [1.165, 1.54) is 0 Å². The molecular formula is C15H21N3O. The number of amides is 1. The Morgan fingerprint density at radius 1 is 1.47 bits per heavy atom. The number of pyridine rings is 1. The first-order valence-corrected chi connectivity index (χ1v) is 7.19. The Morgan fingerprint density at radius 3 is 3.05 bits per heavy atom. The molecule has 4 heteroatoms. The Bertz CT molecular complexity index is 488. The van der Waals surface area contributed by atoms with E-state index in [2.05, 4.69) is 11.9 Å². The van der Waals surface area contributed by atoms with Gasteiger partial charge in [-0.05, 0) is 48.8 Å². The molecule has 0 aromatic carbocycles. The molecule has 2 N–H and O–H groups in total. The summed E-state index contributed by atoms with van der Waals surface area (Å²) in [5.74, 6) is 1.17. The number of hydrogen-bond donors (Lipinski definition) is 1. The standard InChI is InChI=1S/C15H21N3O/c1-2-10-5-6-17-14(7-10)15(19)18-8-11-3-4-13(16)12(11)9-18/h5-7,11-13H,2-4,8-9,16H2,1H3. The molecule has 1 aliphatic carbocycles. The van der Waals surface area contributed by atoms with Crippen LogP contribution in [0.15, 0.2) is 18.3 Å². The lowest BCUT2D eigenvalue weighted by atomic mass is 9.98. The van der Waals surface area contributed by atoms with Gasteiger partial charge >= 0.3 is 0 Å². The molecule has 1 saturated heterocycles. The van der Waals surface area contributed by atoms with Crippen LogP contribution in [0.1, 0.15) is 35.8 Å². The van der Waals surface area contributed by atoms with E-state index in [1.54, 1.807) is 6.20 Å². The van der Waals surface area contributed by atoms with Crippen LogP contribution >= 0.6 is 0 Å². The topological polar surface area (TPSA) is 59.2 Å². The van der Waals surface area contributed by atoms with E-state index in [0.29, 0.717) is 17.5 Å². The van der Waals surface area contributed by atoms with Crippen LogP contribution in [0.25, 0.3) is 0 Å². The zero-order valence-corrected chi connectivity index (χ0v) is 11.4. The van der Waals surface area contributed by atoms with E-state index in [9.17, 15) is 4.79 Å². The molecule has 3 unspecified atom stereocenters. The summed E-state index contributed by atoms with van der Waals surface area (Å²) in [4.78, 5) is 18.6. The lowest BCUT2D eigenvalue weighted by Gasteiger charge is -2.18. The highest BCUT2D eigenvalue weighted by molar-refractivity contribution is 5.92. The summed E-state index contributed by atoms with van der Waals surface area (Å²) < 4.78 is 0. The summed E-state index contributed by atoms with van der Waals surface area (Å²) in [5, 5.41) is 0. The highest BCUT2D eigenvalue weighted by atomic mass is 16.2. The van der Waals surface area contributed by atoms with Crippen molar-refractivity contribution in [1.82, 2.24) is 9.88 Å². The predicted octanol–water partition coefficient (Wildman–Crippen LogP) is 1.45. The van der Waals surface area contributed by atoms with Gasteiger partial charge in [0.25, 0.3) is 5.91 Å². The quantitative estimate of drug-likeness (QED) is 0.874. The van der Waals surface area contributed by atoms with Gasteiger partial charge in [0, 0.05) is 25.3 Å². The van der Waals surface area contributed by atoms with Crippen LogP contribution in [0.4, 0.5) is 0 Å². The molecule has 2 aliphatic rings. The zero-order chi connectivity index (χ0) is 13.4. The van der Waals surface area contributed by atoms with Crippen LogP contribution < -0.4 is 5.73 Å². The minimum absolute atomic E-state index is 0.0666. The number of fused-ring (bicyclic) bond motifs is 1. The summed E-state index contributed by atoms with van der Waals surface area (Å²) in [7, 11) is 0. The van der Waals surface area contributed by atoms with Gasteiger partial charge < -0.3 is 10.6 Å². The van der Waals surface area contributed by atoms with Gasteiger partial charge in [-0.1, -0.05) is 6.92 Å². The van der Waals surface area contributed by atoms with Gasteiger partial charge in [0.2, 0.25) is 0 Å². The number of hydrogen-bond acceptors (Lipinski definition) is 3.